The maximum atomic E-state index is 13.1. The maximum Gasteiger partial charge on any atom is 0.252 e. The quantitative estimate of drug-likeness (QED) is 0.582. The molecule has 0 bridgehead atoms. The normalized spacial score (nSPS) is 17.8. The first-order chi connectivity index (χ1) is 15.7. The van der Waals surface area contributed by atoms with Crippen molar-refractivity contribution in [2.45, 2.75) is 85.0 Å². The van der Waals surface area contributed by atoms with Crippen LogP contribution >= 0.6 is 0 Å². The summed E-state index contributed by atoms with van der Waals surface area (Å²) < 4.78 is 7.88. The van der Waals surface area contributed by atoms with Gasteiger partial charge in [-0.25, -0.2) is 4.68 Å². The Morgan fingerprint density at radius 1 is 1.27 bits per heavy atom. The van der Waals surface area contributed by atoms with Gasteiger partial charge in [-0.15, -0.1) is 5.10 Å². The molecule has 4 rings (SSSR count). The number of pyridine rings is 1. The monoisotopic (exact) mass is 452 g/mol. The molecule has 8 nitrogen and oxygen atoms in total. The minimum Gasteiger partial charge on any atom is -0.377 e. The SMILES string of the molecule is CCC(c1nnnn1C(C)(C)C)N(Cc1cc2c(C)ccc(C)c2[nH]c1=O)CC1CCCO1. The van der Waals surface area contributed by atoms with Gasteiger partial charge in [0.25, 0.3) is 5.56 Å². The zero-order valence-corrected chi connectivity index (χ0v) is 20.7. The van der Waals surface area contributed by atoms with Crippen LogP contribution in [0.15, 0.2) is 23.0 Å². The van der Waals surface area contributed by atoms with Gasteiger partial charge in [0.2, 0.25) is 0 Å². The number of ether oxygens (including phenoxy) is 1. The minimum atomic E-state index is -0.239. The molecule has 3 heterocycles. The molecule has 3 aromatic rings. The fourth-order valence-electron chi connectivity index (χ4n) is 4.79. The van der Waals surface area contributed by atoms with Gasteiger partial charge < -0.3 is 9.72 Å². The fourth-order valence-corrected chi connectivity index (χ4v) is 4.79. The van der Waals surface area contributed by atoms with Gasteiger partial charge in [-0.2, -0.15) is 0 Å². The number of aromatic nitrogens is 5. The topological polar surface area (TPSA) is 88.9 Å². The summed E-state index contributed by atoms with van der Waals surface area (Å²) in [6.45, 7) is 14.6. The molecule has 1 saturated heterocycles. The smallest absolute Gasteiger partial charge is 0.252 e. The lowest BCUT2D eigenvalue weighted by molar-refractivity contribution is 0.0478. The van der Waals surface area contributed by atoms with Crippen LogP contribution < -0.4 is 5.56 Å². The summed E-state index contributed by atoms with van der Waals surface area (Å²) in [6, 6.07) is 6.18. The van der Waals surface area contributed by atoms with Crippen LogP contribution in [0.25, 0.3) is 10.9 Å². The number of tetrazole rings is 1. The van der Waals surface area contributed by atoms with Crippen molar-refractivity contribution in [1.29, 1.82) is 0 Å². The van der Waals surface area contributed by atoms with Crippen LogP contribution in [0.3, 0.4) is 0 Å². The second-order valence-electron chi connectivity index (χ2n) is 10.2. The minimum absolute atomic E-state index is 0.0304. The van der Waals surface area contributed by atoms with Crippen LogP contribution in [0, 0.1) is 13.8 Å². The van der Waals surface area contributed by atoms with Gasteiger partial charge in [0.05, 0.1) is 23.2 Å². The van der Waals surface area contributed by atoms with Gasteiger partial charge in [0.1, 0.15) is 0 Å². The van der Waals surface area contributed by atoms with E-state index < -0.39 is 0 Å². The highest BCUT2D eigenvalue weighted by Gasteiger charge is 2.31. The first-order valence-electron chi connectivity index (χ1n) is 12.0. The van der Waals surface area contributed by atoms with E-state index in [-0.39, 0.29) is 23.2 Å². The van der Waals surface area contributed by atoms with Crippen molar-refractivity contribution in [3.05, 3.63) is 51.1 Å². The first-order valence-corrected chi connectivity index (χ1v) is 12.0. The molecule has 1 N–H and O–H groups in total. The highest BCUT2D eigenvalue weighted by atomic mass is 16.5. The van der Waals surface area contributed by atoms with Gasteiger partial charge in [-0.05, 0) is 81.5 Å². The number of hydrogen-bond donors (Lipinski definition) is 1. The molecule has 0 aliphatic carbocycles. The van der Waals surface area contributed by atoms with Crippen LogP contribution in [0.2, 0.25) is 0 Å². The molecule has 178 valence electrons. The predicted octanol–water partition coefficient (Wildman–Crippen LogP) is 4.02. The lowest BCUT2D eigenvalue weighted by Gasteiger charge is -2.33. The molecule has 2 unspecified atom stereocenters. The van der Waals surface area contributed by atoms with Gasteiger partial charge in [0.15, 0.2) is 5.82 Å². The molecule has 1 aliphatic heterocycles. The van der Waals surface area contributed by atoms with Crippen molar-refractivity contribution in [1.82, 2.24) is 30.1 Å². The standard InChI is InChI=1S/C25H36N6O2/c1-7-21(23-27-28-29-31(23)25(4,5)6)30(15-19-9-8-12-33-19)14-18-13-20-16(2)10-11-17(3)22(20)26-24(18)32/h10-11,13,19,21H,7-9,12,14-15H2,1-6H3,(H,26,32). The van der Waals surface area contributed by atoms with E-state index in [0.717, 1.165) is 65.8 Å². The molecule has 1 fully saturated rings. The summed E-state index contributed by atoms with van der Waals surface area (Å²) >= 11 is 0. The van der Waals surface area contributed by atoms with Crippen molar-refractivity contribution < 1.29 is 4.74 Å². The zero-order chi connectivity index (χ0) is 23.8. The number of hydrogen-bond acceptors (Lipinski definition) is 6. The number of fused-ring (bicyclic) bond motifs is 1. The fraction of sp³-hybridized carbons (Fsp3) is 0.600. The van der Waals surface area contributed by atoms with Crippen molar-refractivity contribution in [2.24, 2.45) is 0 Å². The van der Waals surface area contributed by atoms with Gasteiger partial charge in [-0.3, -0.25) is 9.69 Å². The third-order valence-electron chi connectivity index (χ3n) is 6.61. The van der Waals surface area contributed by atoms with Crippen LogP contribution in [0.1, 0.15) is 75.5 Å². The molecular formula is C25H36N6O2. The third-order valence-corrected chi connectivity index (χ3v) is 6.61. The van der Waals surface area contributed by atoms with Crippen molar-refractivity contribution >= 4 is 10.9 Å². The second-order valence-corrected chi connectivity index (χ2v) is 10.2. The molecule has 2 atom stereocenters. The lowest BCUT2D eigenvalue weighted by Crippen LogP contribution is -2.39. The molecule has 2 aromatic heterocycles. The van der Waals surface area contributed by atoms with Gasteiger partial charge in [-0.1, -0.05) is 19.1 Å². The average Bonchev–Trinajstić information content (AvgIpc) is 3.44. The van der Waals surface area contributed by atoms with Gasteiger partial charge >= 0.3 is 0 Å². The van der Waals surface area contributed by atoms with Crippen molar-refractivity contribution in [3.8, 4) is 0 Å². The lowest BCUT2D eigenvalue weighted by atomic mass is 10.0. The molecule has 0 radical (unpaired) electrons. The Morgan fingerprint density at radius 2 is 2.03 bits per heavy atom. The molecule has 0 spiro atoms. The Hall–Kier alpha value is -2.58. The van der Waals surface area contributed by atoms with E-state index in [9.17, 15) is 4.79 Å². The summed E-state index contributed by atoms with van der Waals surface area (Å²) in [5, 5.41) is 13.8. The number of H-pyrrole nitrogens is 1. The Balaban J connectivity index is 1.75. The molecule has 1 aromatic carbocycles. The molecular weight excluding hydrogens is 416 g/mol. The molecule has 0 amide bonds. The number of rotatable bonds is 7. The summed E-state index contributed by atoms with van der Waals surface area (Å²) in [5.74, 6) is 0.826. The van der Waals surface area contributed by atoms with Crippen molar-refractivity contribution in [3.63, 3.8) is 0 Å². The average molecular weight is 453 g/mol. The number of nitrogens with one attached hydrogen (secondary N) is 1. The predicted molar refractivity (Wildman–Crippen MR) is 129 cm³/mol. The first kappa shape index (κ1) is 23.6. The highest BCUT2D eigenvalue weighted by molar-refractivity contribution is 5.85. The highest BCUT2D eigenvalue weighted by Crippen LogP contribution is 2.29. The van der Waals surface area contributed by atoms with Gasteiger partial charge in [0, 0.05) is 30.6 Å². The summed E-state index contributed by atoms with van der Waals surface area (Å²) in [6.07, 6.45) is 3.09. The van der Waals surface area contributed by atoms with E-state index in [0.29, 0.717) is 6.54 Å². The van der Waals surface area contributed by atoms with E-state index >= 15 is 0 Å². The van der Waals surface area contributed by atoms with Crippen LogP contribution in [-0.2, 0) is 16.8 Å². The molecule has 8 heteroatoms. The second kappa shape index (κ2) is 9.35. The number of nitrogens with zero attached hydrogens (tertiary/aromatic N) is 5. The van der Waals surface area contributed by atoms with Crippen LogP contribution in [0.5, 0.6) is 0 Å². The Kier molecular flexibility index (Phi) is 6.68. The van der Waals surface area contributed by atoms with Crippen LogP contribution in [0.4, 0.5) is 0 Å². The Labute approximate surface area is 195 Å². The van der Waals surface area contributed by atoms with E-state index in [2.05, 4.69) is 78.2 Å². The third kappa shape index (κ3) is 4.87. The summed E-state index contributed by atoms with van der Waals surface area (Å²) in [5.41, 5.74) is 3.62. The number of benzene rings is 1. The summed E-state index contributed by atoms with van der Waals surface area (Å²) in [7, 11) is 0. The zero-order valence-electron chi connectivity index (χ0n) is 20.7. The number of aromatic amines is 1. The number of aryl methyl sites for hydroxylation is 2. The van der Waals surface area contributed by atoms with Crippen molar-refractivity contribution in [2.75, 3.05) is 13.2 Å². The molecule has 0 saturated carbocycles. The van der Waals surface area contributed by atoms with E-state index in [4.69, 9.17) is 4.74 Å². The Bertz CT molecular complexity index is 1170. The summed E-state index contributed by atoms with van der Waals surface area (Å²) in [4.78, 5) is 18.6. The van der Waals surface area contributed by atoms with E-state index in [1.807, 2.05) is 11.6 Å². The Morgan fingerprint density at radius 3 is 2.70 bits per heavy atom. The van der Waals surface area contributed by atoms with E-state index in [1.54, 1.807) is 0 Å². The van der Waals surface area contributed by atoms with Crippen LogP contribution in [-0.4, -0.2) is 49.3 Å². The maximum absolute atomic E-state index is 13.1. The largest absolute Gasteiger partial charge is 0.377 e. The van der Waals surface area contributed by atoms with E-state index in [1.165, 1.54) is 0 Å². The molecule has 1 aliphatic rings. The molecule has 33 heavy (non-hydrogen) atoms.